The Balaban J connectivity index is 2.45. The van der Waals surface area contributed by atoms with E-state index in [4.69, 9.17) is 0 Å². The van der Waals surface area contributed by atoms with E-state index < -0.39 is 18.4 Å². The van der Waals surface area contributed by atoms with Gasteiger partial charge in [0.1, 0.15) is 0 Å². The number of benzene rings is 1. The summed E-state index contributed by atoms with van der Waals surface area (Å²) < 4.78 is 6.08. The molecule has 0 amide bonds. The molecule has 1 aromatic carbocycles. The number of para-hydroxylation sites is 1. The topological polar surface area (TPSA) is 41.6 Å². The number of aromatic nitrogens is 3. The quantitative estimate of drug-likeness (QED) is 0.562. The van der Waals surface area contributed by atoms with Gasteiger partial charge in [-0.25, -0.2) is 0 Å². The molecule has 2 aromatic rings. The molecule has 0 fully saturated rings. The summed E-state index contributed by atoms with van der Waals surface area (Å²) in [6.07, 6.45) is 8.09. The van der Waals surface area contributed by atoms with Gasteiger partial charge in [-0.1, -0.05) is 0 Å². The van der Waals surface area contributed by atoms with Gasteiger partial charge >= 0.3 is 139 Å². The van der Waals surface area contributed by atoms with Crippen LogP contribution in [0.1, 0.15) is 59.3 Å². The standard InChI is InChI=1S/C6H4N3.3C4H9.Sn/c1-2-4-6-5(3-1)7-9-8-6;3*1-3-4-2;/h1-3H,(H,7,8,9);3*1,3-4H2,2H3;. The van der Waals surface area contributed by atoms with E-state index in [9.17, 15) is 0 Å². The Labute approximate surface area is 139 Å². The first kappa shape index (κ1) is 17.8. The van der Waals surface area contributed by atoms with Gasteiger partial charge in [-0.15, -0.1) is 0 Å². The van der Waals surface area contributed by atoms with Gasteiger partial charge in [0.25, 0.3) is 0 Å². The molecule has 0 atom stereocenters. The molecule has 0 aliphatic rings. The molecule has 0 aliphatic heterocycles. The van der Waals surface area contributed by atoms with Crippen molar-refractivity contribution < 1.29 is 0 Å². The summed E-state index contributed by atoms with van der Waals surface area (Å²) in [6, 6.07) is 6.69. The fraction of sp³-hybridized carbons (Fsp3) is 0.667. The summed E-state index contributed by atoms with van der Waals surface area (Å²) >= 11 is -2.39. The van der Waals surface area contributed by atoms with Crippen LogP contribution in [0.3, 0.4) is 0 Å². The molecule has 22 heavy (non-hydrogen) atoms. The molecule has 0 saturated heterocycles. The maximum atomic E-state index is 4.53. The van der Waals surface area contributed by atoms with E-state index in [1.807, 2.05) is 0 Å². The van der Waals surface area contributed by atoms with Crippen LogP contribution in [0.5, 0.6) is 0 Å². The maximum absolute atomic E-state index is 4.53. The van der Waals surface area contributed by atoms with Crippen LogP contribution in [0, 0.1) is 0 Å². The average molecular weight is 408 g/mol. The van der Waals surface area contributed by atoms with E-state index in [0.717, 1.165) is 5.52 Å². The van der Waals surface area contributed by atoms with Crippen LogP contribution in [0.25, 0.3) is 11.0 Å². The van der Waals surface area contributed by atoms with Crippen LogP contribution in [-0.2, 0) is 0 Å². The molecule has 1 aromatic heterocycles. The molecule has 0 spiro atoms. The van der Waals surface area contributed by atoms with Crippen LogP contribution >= 0.6 is 0 Å². The molecule has 0 bridgehead atoms. The van der Waals surface area contributed by atoms with Crippen LogP contribution < -0.4 is 3.58 Å². The zero-order valence-corrected chi connectivity index (χ0v) is 17.3. The normalized spacial score (nSPS) is 12.1. The molecule has 0 unspecified atom stereocenters. The average Bonchev–Trinajstić information content (AvgIpc) is 3.03. The molecule has 1 heterocycles. The number of rotatable bonds is 10. The molecule has 3 nitrogen and oxygen atoms in total. The fourth-order valence-electron chi connectivity index (χ4n) is 3.62. The summed E-state index contributed by atoms with van der Waals surface area (Å²) in [5.74, 6) is 0. The minimum absolute atomic E-state index is 1.06. The van der Waals surface area contributed by atoms with Crippen molar-refractivity contribution in [2.75, 3.05) is 0 Å². The number of hydrogen-bond donors (Lipinski definition) is 1. The summed E-state index contributed by atoms with van der Waals surface area (Å²) in [4.78, 5) is 0. The van der Waals surface area contributed by atoms with Gasteiger partial charge in [0.15, 0.2) is 0 Å². The Morgan fingerprint density at radius 3 is 2.00 bits per heavy atom. The molecule has 0 radical (unpaired) electrons. The number of nitrogens with zero attached hydrogens (tertiary/aromatic N) is 2. The van der Waals surface area contributed by atoms with Crippen LogP contribution in [0.2, 0.25) is 13.3 Å². The molecular weight excluding hydrogens is 377 g/mol. The summed E-state index contributed by atoms with van der Waals surface area (Å²) in [7, 11) is 0. The second kappa shape index (κ2) is 8.90. The van der Waals surface area contributed by atoms with Gasteiger partial charge in [-0.05, 0) is 0 Å². The minimum atomic E-state index is -2.39. The molecule has 4 heteroatoms. The first-order valence-electron chi connectivity index (χ1n) is 9.07. The van der Waals surface area contributed by atoms with Crippen molar-refractivity contribution in [2.45, 2.75) is 72.6 Å². The van der Waals surface area contributed by atoms with E-state index in [-0.39, 0.29) is 0 Å². The monoisotopic (exact) mass is 409 g/mol. The van der Waals surface area contributed by atoms with Crippen LogP contribution in [0.15, 0.2) is 18.2 Å². The van der Waals surface area contributed by atoms with Gasteiger partial charge in [0, 0.05) is 0 Å². The van der Waals surface area contributed by atoms with E-state index in [2.05, 4.69) is 54.4 Å². The van der Waals surface area contributed by atoms with Crippen molar-refractivity contribution >= 4 is 33.0 Å². The fourth-order valence-corrected chi connectivity index (χ4v) is 20.1. The molecule has 122 valence electrons. The van der Waals surface area contributed by atoms with Gasteiger partial charge in [0.05, 0.1) is 0 Å². The van der Waals surface area contributed by atoms with Gasteiger partial charge < -0.3 is 0 Å². The second-order valence-corrected chi connectivity index (χ2v) is 19.7. The number of fused-ring (bicyclic) bond motifs is 1. The Bertz CT molecular complexity index is 542. The number of hydrogen-bond acceptors (Lipinski definition) is 2. The Hall–Kier alpha value is -0.581. The summed E-state index contributed by atoms with van der Waals surface area (Å²) in [6.45, 7) is 6.98. The van der Waals surface area contributed by atoms with E-state index in [1.165, 1.54) is 57.4 Å². The second-order valence-electron chi connectivity index (χ2n) is 6.59. The van der Waals surface area contributed by atoms with Crippen molar-refractivity contribution in [2.24, 2.45) is 0 Å². The third kappa shape index (κ3) is 4.03. The third-order valence-electron chi connectivity index (χ3n) is 4.94. The Morgan fingerprint density at radius 1 is 0.864 bits per heavy atom. The molecular formula is C18H31N3Sn. The number of H-pyrrole nitrogens is 1. The van der Waals surface area contributed by atoms with Gasteiger partial charge in [0.2, 0.25) is 0 Å². The first-order valence-corrected chi connectivity index (χ1v) is 16.6. The summed E-state index contributed by atoms with van der Waals surface area (Å²) in [5.41, 5.74) is 2.24. The van der Waals surface area contributed by atoms with E-state index in [0.29, 0.717) is 0 Å². The predicted octanol–water partition coefficient (Wildman–Crippen LogP) is 5.01. The van der Waals surface area contributed by atoms with Gasteiger partial charge in [-0.2, -0.15) is 0 Å². The van der Waals surface area contributed by atoms with E-state index in [1.54, 1.807) is 3.58 Å². The van der Waals surface area contributed by atoms with Crippen molar-refractivity contribution in [3.05, 3.63) is 18.2 Å². The molecule has 0 saturated carbocycles. The first-order chi connectivity index (χ1) is 10.8. The molecule has 2 rings (SSSR count). The zero-order chi connectivity index (χ0) is 15.8. The molecule has 1 N–H and O–H groups in total. The molecule has 0 aliphatic carbocycles. The Kier molecular flexibility index (Phi) is 7.19. The number of unbranched alkanes of at least 4 members (excludes halogenated alkanes) is 3. The van der Waals surface area contributed by atoms with Crippen molar-refractivity contribution in [3.8, 4) is 0 Å². The van der Waals surface area contributed by atoms with Crippen molar-refractivity contribution in [3.63, 3.8) is 0 Å². The van der Waals surface area contributed by atoms with Crippen LogP contribution in [0.4, 0.5) is 0 Å². The van der Waals surface area contributed by atoms with Gasteiger partial charge in [-0.3, -0.25) is 0 Å². The van der Waals surface area contributed by atoms with E-state index >= 15 is 0 Å². The SMILES string of the molecule is CCC[CH2][Sn]([CH2]CCC)([CH2]CCC)[c]1cccc2n[nH]nc12. The number of aromatic amines is 1. The third-order valence-corrected chi connectivity index (χ3v) is 20.6. The van der Waals surface area contributed by atoms with Crippen molar-refractivity contribution in [1.82, 2.24) is 15.4 Å². The number of nitrogens with one attached hydrogen (secondary N) is 1. The van der Waals surface area contributed by atoms with Crippen molar-refractivity contribution in [1.29, 1.82) is 0 Å². The Morgan fingerprint density at radius 2 is 1.45 bits per heavy atom. The van der Waals surface area contributed by atoms with Crippen LogP contribution in [-0.4, -0.2) is 33.8 Å². The summed E-state index contributed by atoms with van der Waals surface area (Å²) in [5, 5.41) is 11.7. The predicted molar refractivity (Wildman–Crippen MR) is 98.4 cm³/mol. The zero-order valence-electron chi connectivity index (χ0n) is 14.5.